The molecule has 14 heteroatoms. The molecule has 0 aliphatic carbocycles. The SMILES string of the molecule is C.C.C.C.C.C.C.C.C.COC(C)C(=O)CC(=O)C(C)NC(=O)CC(=O)NC(C)C(=O)OCOC(=O)C(C)NC(=O)CC(C)=O. The fraction of sp³-hybridized carbons (Fsp3) is 0.742. The third-order valence-corrected chi connectivity index (χ3v) is 4.61. The van der Waals surface area contributed by atoms with E-state index in [1.807, 2.05) is 0 Å². The van der Waals surface area contributed by atoms with E-state index in [9.17, 15) is 38.4 Å². The standard InChI is InChI=1S/C22H33N3O11.9CH4/c1-11(26)7-18(29)24-13(3)21(32)35-10-36-22(33)14(4)25-20(31)9-19(30)23-12(2)16(27)8-17(28)15(5)34-6;;;;;;;;;/h12-15H,7-10H2,1-6H3,(H,23,30)(H,24,29)(H,25,31);9*1H4. The molecule has 274 valence electrons. The maximum Gasteiger partial charge on any atom is 0.331 e. The third-order valence-electron chi connectivity index (χ3n) is 4.61. The quantitative estimate of drug-likeness (QED) is 0.122. The van der Waals surface area contributed by atoms with Crippen LogP contribution in [0.1, 0.15) is 121 Å². The Morgan fingerprint density at radius 3 is 1.18 bits per heavy atom. The summed E-state index contributed by atoms with van der Waals surface area (Å²) < 4.78 is 14.2. The van der Waals surface area contributed by atoms with Crippen LogP contribution in [0.5, 0.6) is 0 Å². The number of rotatable bonds is 16. The van der Waals surface area contributed by atoms with Gasteiger partial charge in [-0.05, 0) is 34.6 Å². The minimum Gasteiger partial charge on any atom is -0.426 e. The molecule has 0 saturated carbocycles. The van der Waals surface area contributed by atoms with Gasteiger partial charge >= 0.3 is 11.9 Å². The van der Waals surface area contributed by atoms with Gasteiger partial charge in [0, 0.05) is 7.11 Å². The lowest BCUT2D eigenvalue weighted by Crippen LogP contribution is -2.45. The molecule has 0 aromatic heterocycles. The molecule has 0 aromatic rings. The molecule has 0 bridgehead atoms. The molecular weight excluding hydrogens is 590 g/mol. The molecule has 0 fully saturated rings. The number of methoxy groups -OCH3 is 1. The van der Waals surface area contributed by atoms with Crippen LogP contribution in [0.4, 0.5) is 0 Å². The van der Waals surface area contributed by atoms with Crippen molar-refractivity contribution in [3.05, 3.63) is 0 Å². The molecule has 3 N–H and O–H groups in total. The smallest absolute Gasteiger partial charge is 0.331 e. The van der Waals surface area contributed by atoms with Crippen LogP contribution in [0, 0.1) is 0 Å². The van der Waals surface area contributed by atoms with Gasteiger partial charge < -0.3 is 30.2 Å². The number of nitrogens with one attached hydrogen (secondary N) is 3. The molecule has 45 heavy (non-hydrogen) atoms. The Hall–Kier alpha value is -3.68. The van der Waals surface area contributed by atoms with Gasteiger partial charge in [0.15, 0.2) is 11.6 Å². The number of ketones is 3. The largest absolute Gasteiger partial charge is 0.426 e. The van der Waals surface area contributed by atoms with E-state index in [1.54, 1.807) is 0 Å². The van der Waals surface area contributed by atoms with E-state index in [-0.39, 0.29) is 72.6 Å². The summed E-state index contributed by atoms with van der Waals surface area (Å²) in [6.45, 7) is 5.83. The Balaban J connectivity index is -0.000000170. The highest BCUT2D eigenvalue weighted by Gasteiger charge is 2.24. The summed E-state index contributed by atoms with van der Waals surface area (Å²) in [4.78, 5) is 93.8. The fourth-order valence-corrected chi connectivity index (χ4v) is 2.44. The van der Waals surface area contributed by atoms with Crippen molar-refractivity contribution in [3.8, 4) is 0 Å². The van der Waals surface area contributed by atoms with Gasteiger partial charge in [0.05, 0.1) is 18.9 Å². The molecule has 0 radical (unpaired) electrons. The van der Waals surface area contributed by atoms with E-state index < -0.39 is 91.5 Å². The van der Waals surface area contributed by atoms with E-state index in [2.05, 4.69) is 16.0 Å². The van der Waals surface area contributed by atoms with Gasteiger partial charge in [-0.15, -0.1) is 0 Å². The van der Waals surface area contributed by atoms with Crippen molar-refractivity contribution in [3.63, 3.8) is 0 Å². The molecule has 0 saturated heterocycles. The minimum absolute atomic E-state index is 0. The zero-order valence-corrected chi connectivity index (χ0v) is 21.1. The van der Waals surface area contributed by atoms with Crippen molar-refractivity contribution in [2.45, 2.75) is 145 Å². The lowest BCUT2D eigenvalue weighted by atomic mass is 10.1. The number of ether oxygens (including phenoxy) is 3. The molecule has 4 atom stereocenters. The Morgan fingerprint density at radius 1 is 0.511 bits per heavy atom. The van der Waals surface area contributed by atoms with Gasteiger partial charge in [0.25, 0.3) is 0 Å². The van der Waals surface area contributed by atoms with E-state index in [1.165, 1.54) is 41.7 Å². The van der Waals surface area contributed by atoms with Crippen LogP contribution in [-0.2, 0) is 52.6 Å². The first-order valence-electron chi connectivity index (χ1n) is 11.0. The van der Waals surface area contributed by atoms with Crippen molar-refractivity contribution < 1.29 is 52.6 Å². The Morgan fingerprint density at radius 2 is 0.844 bits per heavy atom. The monoisotopic (exact) mass is 659 g/mol. The highest BCUT2D eigenvalue weighted by atomic mass is 16.7. The Kier molecular flexibility index (Phi) is 53.0. The van der Waals surface area contributed by atoms with Gasteiger partial charge in [-0.1, -0.05) is 66.8 Å². The molecular formula is C31H69N3O11. The summed E-state index contributed by atoms with van der Waals surface area (Å²) in [7, 11) is 1.32. The summed E-state index contributed by atoms with van der Waals surface area (Å²) in [5.74, 6) is -5.62. The Bertz CT molecular complexity index is 877. The molecule has 4 unspecified atom stereocenters. The molecule has 14 nitrogen and oxygen atoms in total. The highest BCUT2D eigenvalue weighted by Crippen LogP contribution is 2.00. The summed E-state index contributed by atoms with van der Waals surface area (Å²) in [5.41, 5.74) is 0. The highest BCUT2D eigenvalue weighted by molar-refractivity contribution is 6.05. The first kappa shape index (κ1) is 68.5. The van der Waals surface area contributed by atoms with Gasteiger partial charge in [-0.2, -0.15) is 0 Å². The molecule has 0 aliphatic heterocycles. The summed E-state index contributed by atoms with van der Waals surface area (Å²) in [5, 5.41) is 6.75. The second-order valence-corrected chi connectivity index (χ2v) is 7.96. The van der Waals surface area contributed by atoms with Crippen LogP contribution in [0.2, 0.25) is 0 Å². The third kappa shape index (κ3) is 30.1. The van der Waals surface area contributed by atoms with Gasteiger partial charge in [-0.25, -0.2) is 9.59 Å². The predicted octanol–water partition coefficient (Wildman–Crippen LogP) is 4.20. The lowest BCUT2D eigenvalue weighted by Gasteiger charge is -2.16. The zero-order chi connectivity index (χ0) is 28.0. The molecule has 0 rings (SSSR count). The number of carbonyl (C=O) groups excluding carboxylic acids is 8. The van der Waals surface area contributed by atoms with Crippen LogP contribution in [0.25, 0.3) is 0 Å². The van der Waals surface area contributed by atoms with E-state index in [0.717, 1.165) is 0 Å². The van der Waals surface area contributed by atoms with Crippen LogP contribution in [0.3, 0.4) is 0 Å². The Labute approximate surface area is 274 Å². The number of amides is 3. The maximum atomic E-state index is 12.0. The van der Waals surface area contributed by atoms with E-state index in [4.69, 9.17) is 14.2 Å². The van der Waals surface area contributed by atoms with Crippen molar-refractivity contribution in [1.82, 2.24) is 16.0 Å². The first-order valence-corrected chi connectivity index (χ1v) is 11.0. The maximum absolute atomic E-state index is 12.0. The van der Waals surface area contributed by atoms with Crippen molar-refractivity contribution in [2.75, 3.05) is 13.9 Å². The van der Waals surface area contributed by atoms with Crippen molar-refractivity contribution in [2.24, 2.45) is 0 Å². The molecule has 3 amide bonds. The normalized spacial score (nSPS) is 11.0. The average molecular weight is 660 g/mol. The van der Waals surface area contributed by atoms with Crippen LogP contribution in [0.15, 0.2) is 0 Å². The predicted molar refractivity (Wildman–Crippen MR) is 181 cm³/mol. The first-order chi connectivity index (χ1) is 16.7. The van der Waals surface area contributed by atoms with E-state index >= 15 is 0 Å². The van der Waals surface area contributed by atoms with Crippen molar-refractivity contribution in [1.29, 1.82) is 0 Å². The van der Waals surface area contributed by atoms with Gasteiger partial charge in [0.2, 0.25) is 24.5 Å². The number of hydrogen-bond acceptors (Lipinski definition) is 11. The molecule has 0 heterocycles. The number of carbonyl (C=O) groups is 8. The minimum atomic E-state index is -1.20. The summed E-state index contributed by atoms with van der Waals surface area (Å²) in [6.07, 6.45) is -2.32. The molecule has 0 aromatic carbocycles. The van der Waals surface area contributed by atoms with Crippen molar-refractivity contribution >= 4 is 47.0 Å². The number of hydrogen-bond donors (Lipinski definition) is 3. The van der Waals surface area contributed by atoms with Crippen LogP contribution >= 0.6 is 0 Å². The summed E-state index contributed by atoms with van der Waals surface area (Å²) in [6, 6.07) is -3.32. The lowest BCUT2D eigenvalue weighted by molar-refractivity contribution is -0.170. The average Bonchev–Trinajstić information content (AvgIpc) is 2.76. The van der Waals surface area contributed by atoms with Crippen LogP contribution < -0.4 is 16.0 Å². The van der Waals surface area contributed by atoms with Gasteiger partial charge in [-0.3, -0.25) is 28.8 Å². The second-order valence-electron chi connectivity index (χ2n) is 7.96. The number of esters is 2. The fourth-order valence-electron chi connectivity index (χ4n) is 2.44. The molecule has 0 aliphatic rings. The zero-order valence-electron chi connectivity index (χ0n) is 21.1. The van der Waals surface area contributed by atoms with E-state index in [0.29, 0.717) is 0 Å². The van der Waals surface area contributed by atoms with Gasteiger partial charge in [0.1, 0.15) is 30.4 Å². The van der Waals surface area contributed by atoms with Crippen LogP contribution in [-0.4, -0.2) is 85.1 Å². The number of Topliss-reactive ketones (excluding diaryl/α,β-unsaturated/α-hetero) is 3. The topological polar surface area (TPSA) is 200 Å². The molecule has 0 spiro atoms. The summed E-state index contributed by atoms with van der Waals surface area (Å²) >= 11 is 0. The second kappa shape index (κ2) is 34.8.